The Balaban J connectivity index is 2.27. The predicted molar refractivity (Wildman–Crippen MR) is 71.7 cm³/mol. The second kappa shape index (κ2) is 5.43. The van der Waals surface area contributed by atoms with Crippen LogP contribution in [0.5, 0.6) is 0 Å². The lowest BCUT2D eigenvalue weighted by atomic mass is 10.0. The van der Waals surface area contributed by atoms with E-state index in [-0.39, 0.29) is 5.78 Å². The Bertz CT molecular complexity index is 530. The molecule has 86 valence electrons. The highest BCUT2D eigenvalue weighted by Crippen LogP contribution is 2.27. The van der Waals surface area contributed by atoms with E-state index in [0.29, 0.717) is 10.6 Å². The molecule has 0 aliphatic carbocycles. The first-order chi connectivity index (χ1) is 8.18. The van der Waals surface area contributed by atoms with E-state index < -0.39 is 4.83 Å². The van der Waals surface area contributed by atoms with Gasteiger partial charge in [-0.15, -0.1) is 0 Å². The van der Waals surface area contributed by atoms with E-state index in [1.54, 1.807) is 42.7 Å². The Hall–Kier alpha value is -1.19. The summed E-state index contributed by atoms with van der Waals surface area (Å²) in [6.07, 6.45) is 3.34. The van der Waals surface area contributed by atoms with Crippen molar-refractivity contribution in [2.45, 2.75) is 4.83 Å². The summed E-state index contributed by atoms with van der Waals surface area (Å²) in [6.45, 7) is 0. The lowest BCUT2D eigenvalue weighted by molar-refractivity contribution is 0.0991. The third-order valence-corrected chi connectivity index (χ3v) is 3.50. The molecule has 1 aromatic carbocycles. The third-order valence-electron chi connectivity index (χ3n) is 2.32. The van der Waals surface area contributed by atoms with Gasteiger partial charge in [0.15, 0.2) is 5.78 Å². The van der Waals surface area contributed by atoms with Gasteiger partial charge in [-0.05, 0) is 23.8 Å². The van der Waals surface area contributed by atoms with Crippen LogP contribution in [0.3, 0.4) is 0 Å². The molecule has 0 radical (unpaired) electrons. The van der Waals surface area contributed by atoms with Gasteiger partial charge in [-0.1, -0.05) is 45.7 Å². The van der Waals surface area contributed by atoms with E-state index in [1.165, 1.54) is 0 Å². The quantitative estimate of drug-likeness (QED) is 0.632. The largest absolute Gasteiger partial charge is 0.293 e. The number of carbonyl (C=O) groups excluding carboxylic acids is 1. The number of benzene rings is 1. The van der Waals surface area contributed by atoms with Crippen LogP contribution in [0.4, 0.5) is 0 Å². The van der Waals surface area contributed by atoms with Gasteiger partial charge in [-0.25, -0.2) is 0 Å². The maximum absolute atomic E-state index is 12.2. The Kier molecular flexibility index (Phi) is 3.92. The van der Waals surface area contributed by atoms with Crippen LogP contribution in [-0.4, -0.2) is 10.8 Å². The van der Waals surface area contributed by atoms with E-state index >= 15 is 0 Å². The molecule has 0 N–H and O–H groups in total. The van der Waals surface area contributed by atoms with Crippen molar-refractivity contribution in [1.82, 2.24) is 4.98 Å². The Morgan fingerprint density at radius 3 is 2.76 bits per heavy atom. The van der Waals surface area contributed by atoms with Gasteiger partial charge in [0, 0.05) is 23.0 Å². The minimum atomic E-state index is -0.394. The van der Waals surface area contributed by atoms with E-state index in [2.05, 4.69) is 20.9 Å². The highest BCUT2D eigenvalue weighted by Gasteiger charge is 2.18. The zero-order valence-electron chi connectivity index (χ0n) is 8.81. The summed E-state index contributed by atoms with van der Waals surface area (Å²) >= 11 is 9.24. The summed E-state index contributed by atoms with van der Waals surface area (Å²) in [5.74, 6) is -0.0273. The maximum Gasteiger partial charge on any atom is 0.180 e. The molecule has 17 heavy (non-hydrogen) atoms. The van der Waals surface area contributed by atoms with Gasteiger partial charge in [0.25, 0.3) is 0 Å². The molecular weight excluding hydrogens is 302 g/mol. The molecule has 0 bridgehead atoms. The number of carbonyl (C=O) groups is 1. The molecule has 2 nitrogen and oxygen atoms in total. The summed E-state index contributed by atoms with van der Waals surface area (Å²) in [4.78, 5) is 15.8. The number of halogens is 2. The first-order valence-electron chi connectivity index (χ1n) is 5.02. The first kappa shape index (κ1) is 12.3. The van der Waals surface area contributed by atoms with Crippen molar-refractivity contribution >= 4 is 33.3 Å². The van der Waals surface area contributed by atoms with Crippen LogP contribution in [0.2, 0.25) is 5.02 Å². The molecule has 2 aromatic rings. The van der Waals surface area contributed by atoms with Crippen molar-refractivity contribution in [2.24, 2.45) is 0 Å². The molecule has 0 aliphatic rings. The standard InChI is InChI=1S/C13H9BrClNO/c14-12(10-4-2-6-16-8-10)13(17)9-3-1-5-11(15)7-9/h1-8,12H. The van der Waals surface area contributed by atoms with Crippen LogP contribution in [0, 0.1) is 0 Å². The van der Waals surface area contributed by atoms with Gasteiger partial charge < -0.3 is 0 Å². The van der Waals surface area contributed by atoms with Crippen LogP contribution in [0.25, 0.3) is 0 Å². The van der Waals surface area contributed by atoms with Crippen molar-refractivity contribution in [1.29, 1.82) is 0 Å². The van der Waals surface area contributed by atoms with Crippen molar-refractivity contribution < 1.29 is 4.79 Å². The number of rotatable bonds is 3. The van der Waals surface area contributed by atoms with E-state index in [4.69, 9.17) is 11.6 Å². The topological polar surface area (TPSA) is 30.0 Å². The number of nitrogens with zero attached hydrogens (tertiary/aromatic N) is 1. The van der Waals surface area contributed by atoms with Gasteiger partial charge in [0.1, 0.15) is 4.83 Å². The number of Topliss-reactive ketones (excluding diaryl/α,β-unsaturated/α-hetero) is 1. The Labute approximate surface area is 113 Å². The van der Waals surface area contributed by atoms with Gasteiger partial charge in [0.2, 0.25) is 0 Å². The summed E-state index contributed by atoms with van der Waals surface area (Å²) in [6, 6.07) is 10.6. The average Bonchev–Trinajstić information content (AvgIpc) is 2.38. The minimum Gasteiger partial charge on any atom is -0.293 e. The molecule has 0 spiro atoms. The number of ketones is 1. The number of hydrogen-bond acceptors (Lipinski definition) is 2. The summed E-state index contributed by atoms with van der Waals surface area (Å²) < 4.78 is 0. The van der Waals surface area contributed by atoms with E-state index in [1.807, 2.05) is 6.07 Å². The monoisotopic (exact) mass is 309 g/mol. The second-order valence-electron chi connectivity index (χ2n) is 3.52. The Morgan fingerprint density at radius 2 is 2.12 bits per heavy atom. The highest BCUT2D eigenvalue weighted by atomic mass is 79.9. The van der Waals surface area contributed by atoms with Gasteiger partial charge >= 0.3 is 0 Å². The lowest BCUT2D eigenvalue weighted by Crippen LogP contribution is -2.07. The lowest BCUT2D eigenvalue weighted by Gasteiger charge is -2.08. The number of alkyl halides is 1. The molecule has 1 unspecified atom stereocenters. The molecule has 0 saturated heterocycles. The number of pyridine rings is 1. The second-order valence-corrected chi connectivity index (χ2v) is 4.88. The zero-order chi connectivity index (χ0) is 12.3. The van der Waals surface area contributed by atoms with E-state index in [0.717, 1.165) is 5.56 Å². The maximum atomic E-state index is 12.2. The predicted octanol–water partition coefficient (Wildman–Crippen LogP) is 4.05. The molecule has 1 atom stereocenters. The van der Waals surface area contributed by atoms with Gasteiger partial charge in [-0.2, -0.15) is 0 Å². The summed E-state index contributed by atoms with van der Waals surface area (Å²) in [5.41, 5.74) is 1.42. The fourth-order valence-corrected chi connectivity index (χ4v) is 2.19. The average molecular weight is 311 g/mol. The van der Waals surface area contributed by atoms with Crippen molar-refractivity contribution in [3.8, 4) is 0 Å². The fraction of sp³-hybridized carbons (Fsp3) is 0.0769. The molecule has 0 amide bonds. The first-order valence-corrected chi connectivity index (χ1v) is 6.31. The van der Waals surface area contributed by atoms with Gasteiger partial charge in [-0.3, -0.25) is 9.78 Å². The SMILES string of the molecule is O=C(c1cccc(Cl)c1)C(Br)c1cccnc1. The van der Waals surface area contributed by atoms with Crippen molar-refractivity contribution in [3.05, 3.63) is 64.9 Å². The summed E-state index contributed by atoms with van der Waals surface area (Å²) in [7, 11) is 0. The molecule has 0 aliphatic heterocycles. The van der Waals surface area contributed by atoms with Crippen LogP contribution in [-0.2, 0) is 0 Å². The third kappa shape index (κ3) is 2.93. The molecule has 0 fully saturated rings. The number of hydrogen-bond donors (Lipinski definition) is 0. The molecule has 1 aromatic heterocycles. The number of aromatic nitrogens is 1. The smallest absolute Gasteiger partial charge is 0.180 e. The van der Waals surface area contributed by atoms with E-state index in [9.17, 15) is 4.79 Å². The highest BCUT2D eigenvalue weighted by molar-refractivity contribution is 9.09. The van der Waals surface area contributed by atoms with Crippen molar-refractivity contribution in [3.63, 3.8) is 0 Å². The van der Waals surface area contributed by atoms with Crippen LogP contribution < -0.4 is 0 Å². The molecular formula is C13H9BrClNO. The molecule has 4 heteroatoms. The van der Waals surface area contributed by atoms with Crippen LogP contribution in [0.1, 0.15) is 20.7 Å². The van der Waals surface area contributed by atoms with Crippen LogP contribution in [0.15, 0.2) is 48.8 Å². The zero-order valence-corrected chi connectivity index (χ0v) is 11.1. The minimum absolute atomic E-state index is 0.0273. The van der Waals surface area contributed by atoms with Gasteiger partial charge in [0.05, 0.1) is 0 Å². The Morgan fingerprint density at radius 1 is 1.29 bits per heavy atom. The van der Waals surface area contributed by atoms with Crippen molar-refractivity contribution in [2.75, 3.05) is 0 Å². The van der Waals surface area contributed by atoms with Crippen LogP contribution >= 0.6 is 27.5 Å². The fourth-order valence-electron chi connectivity index (χ4n) is 1.47. The molecule has 2 rings (SSSR count). The normalized spacial score (nSPS) is 12.1. The molecule has 1 heterocycles. The molecule has 0 saturated carbocycles. The summed E-state index contributed by atoms with van der Waals surface area (Å²) in [5, 5.41) is 0.557.